The molecule has 0 aliphatic rings. The average Bonchev–Trinajstić information content (AvgIpc) is 2.46. The number of nitrogen functional groups attached to an aromatic ring is 1. The van der Waals surface area contributed by atoms with Crippen LogP contribution in [0.15, 0.2) is 46.9 Å². The van der Waals surface area contributed by atoms with Crippen molar-refractivity contribution in [3.05, 3.63) is 58.1 Å². The smallest absolute Gasteiger partial charge is 0.101 e. The Morgan fingerprint density at radius 3 is 2.57 bits per heavy atom. The van der Waals surface area contributed by atoms with Crippen molar-refractivity contribution in [2.45, 2.75) is 26.4 Å². The second-order valence-electron chi connectivity index (χ2n) is 5.19. The summed E-state index contributed by atoms with van der Waals surface area (Å²) >= 11 is 3.48. The van der Waals surface area contributed by atoms with Gasteiger partial charge in [-0.05, 0) is 43.7 Å². The molecule has 2 aromatic rings. The van der Waals surface area contributed by atoms with Gasteiger partial charge in [0.15, 0.2) is 0 Å². The summed E-state index contributed by atoms with van der Waals surface area (Å²) in [7, 11) is 0. The molecule has 0 fully saturated rings. The molecule has 0 bridgehead atoms. The first kappa shape index (κ1) is 15.4. The molecule has 0 heterocycles. The van der Waals surface area contributed by atoms with Crippen molar-refractivity contribution in [3.8, 4) is 6.07 Å². The molecule has 0 aromatic heterocycles. The summed E-state index contributed by atoms with van der Waals surface area (Å²) in [5.41, 5.74) is 9.48. The van der Waals surface area contributed by atoms with Crippen LogP contribution in [0.1, 0.15) is 25.0 Å². The summed E-state index contributed by atoms with van der Waals surface area (Å²) in [6.45, 7) is 4.90. The maximum absolute atomic E-state index is 9.34. The second-order valence-corrected chi connectivity index (χ2v) is 6.11. The van der Waals surface area contributed by atoms with E-state index in [0.29, 0.717) is 12.1 Å². The van der Waals surface area contributed by atoms with Crippen molar-refractivity contribution in [1.82, 2.24) is 0 Å². The molecule has 0 spiro atoms. The summed E-state index contributed by atoms with van der Waals surface area (Å²) in [5, 5.41) is 9.34. The zero-order valence-corrected chi connectivity index (χ0v) is 13.8. The predicted molar refractivity (Wildman–Crippen MR) is 91.0 cm³/mol. The van der Waals surface area contributed by atoms with Crippen molar-refractivity contribution in [1.29, 1.82) is 5.26 Å². The maximum Gasteiger partial charge on any atom is 0.101 e. The van der Waals surface area contributed by atoms with Gasteiger partial charge in [-0.3, -0.25) is 0 Å². The van der Waals surface area contributed by atoms with Crippen LogP contribution in [0.5, 0.6) is 0 Å². The number of nitriles is 1. The summed E-state index contributed by atoms with van der Waals surface area (Å²) in [6, 6.07) is 16.1. The number of benzene rings is 2. The zero-order valence-electron chi connectivity index (χ0n) is 12.2. The minimum Gasteiger partial charge on any atom is -0.398 e. The first-order valence-electron chi connectivity index (χ1n) is 6.82. The number of para-hydroxylation sites is 1. The van der Waals surface area contributed by atoms with Crippen molar-refractivity contribution >= 4 is 27.3 Å². The molecule has 0 atom stereocenters. The minimum atomic E-state index is 0.256. The molecule has 0 radical (unpaired) electrons. The van der Waals surface area contributed by atoms with E-state index in [2.05, 4.69) is 40.7 Å². The highest BCUT2D eigenvalue weighted by Crippen LogP contribution is 2.28. The Morgan fingerprint density at radius 1 is 1.24 bits per heavy atom. The Labute approximate surface area is 134 Å². The normalized spacial score (nSPS) is 10.4. The largest absolute Gasteiger partial charge is 0.398 e. The number of nitrogens with two attached hydrogens (primary N) is 1. The van der Waals surface area contributed by atoms with Crippen LogP contribution in [0.4, 0.5) is 11.4 Å². The Hall–Kier alpha value is -1.99. The molecule has 3 nitrogen and oxygen atoms in total. The lowest BCUT2D eigenvalue weighted by Crippen LogP contribution is -2.31. The van der Waals surface area contributed by atoms with Gasteiger partial charge in [-0.1, -0.05) is 34.1 Å². The van der Waals surface area contributed by atoms with Crippen LogP contribution in [-0.2, 0) is 6.54 Å². The van der Waals surface area contributed by atoms with Crippen molar-refractivity contribution in [2.75, 3.05) is 10.6 Å². The number of rotatable bonds is 4. The maximum atomic E-state index is 9.34. The van der Waals surface area contributed by atoms with Crippen molar-refractivity contribution < 1.29 is 0 Å². The van der Waals surface area contributed by atoms with Crippen LogP contribution >= 0.6 is 15.9 Å². The van der Waals surface area contributed by atoms with Gasteiger partial charge in [0.1, 0.15) is 6.07 Å². The lowest BCUT2D eigenvalue weighted by atomic mass is 10.1. The minimum absolute atomic E-state index is 0.256. The van der Waals surface area contributed by atoms with E-state index in [0.717, 1.165) is 21.4 Å². The van der Waals surface area contributed by atoms with E-state index in [1.165, 1.54) is 0 Å². The van der Waals surface area contributed by atoms with Gasteiger partial charge in [0.05, 0.1) is 11.3 Å². The highest BCUT2D eigenvalue weighted by molar-refractivity contribution is 9.10. The SMILES string of the molecule is CC(C)N(Cc1ccccc1N)c1cc(Br)ccc1C#N. The van der Waals surface area contributed by atoms with E-state index in [1.54, 1.807) is 0 Å². The van der Waals surface area contributed by atoms with Gasteiger partial charge in [0.25, 0.3) is 0 Å². The van der Waals surface area contributed by atoms with E-state index >= 15 is 0 Å². The van der Waals surface area contributed by atoms with Gasteiger partial charge in [-0.2, -0.15) is 5.26 Å². The van der Waals surface area contributed by atoms with E-state index in [4.69, 9.17) is 5.73 Å². The van der Waals surface area contributed by atoms with Gasteiger partial charge < -0.3 is 10.6 Å². The Bertz CT molecular complexity index is 674. The van der Waals surface area contributed by atoms with Gasteiger partial charge in [0, 0.05) is 22.7 Å². The molecule has 0 saturated heterocycles. The first-order chi connectivity index (χ1) is 10.0. The number of halogens is 1. The third-order valence-corrected chi connectivity index (χ3v) is 3.90. The van der Waals surface area contributed by atoms with Gasteiger partial charge in [-0.15, -0.1) is 0 Å². The van der Waals surface area contributed by atoms with E-state index in [1.807, 2.05) is 42.5 Å². The van der Waals surface area contributed by atoms with E-state index < -0.39 is 0 Å². The number of hydrogen-bond donors (Lipinski definition) is 1. The number of nitrogens with zero attached hydrogens (tertiary/aromatic N) is 2. The van der Waals surface area contributed by atoms with Crippen LogP contribution in [0, 0.1) is 11.3 Å². The monoisotopic (exact) mass is 343 g/mol. The lowest BCUT2D eigenvalue weighted by molar-refractivity contribution is 0.682. The quantitative estimate of drug-likeness (QED) is 0.841. The third-order valence-electron chi connectivity index (χ3n) is 3.41. The highest BCUT2D eigenvalue weighted by Gasteiger charge is 2.16. The molecule has 0 aliphatic heterocycles. The molecular weight excluding hydrogens is 326 g/mol. The molecule has 21 heavy (non-hydrogen) atoms. The van der Waals surface area contributed by atoms with Crippen LogP contribution in [-0.4, -0.2) is 6.04 Å². The standard InChI is InChI=1S/C17H18BrN3/c1-12(2)21(11-14-5-3-4-6-16(14)20)17-9-15(18)8-7-13(17)10-19/h3-9,12H,11,20H2,1-2H3. The van der Waals surface area contributed by atoms with Gasteiger partial charge in [0.2, 0.25) is 0 Å². The second kappa shape index (κ2) is 6.64. The molecule has 0 unspecified atom stereocenters. The van der Waals surface area contributed by atoms with Crippen molar-refractivity contribution in [2.24, 2.45) is 0 Å². The van der Waals surface area contributed by atoms with E-state index in [9.17, 15) is 5.26 Å². The zero-order chi connectivity index (χ0) is 15.4. The average molecular weight is 344 g/mol. The fourth-order valence-electron chi connectivity index (χ4n) is 2.24. The summed E-state index contributed by atoms with van der Waals surface area (Å²) in [6.07, 6.45) is 0. The van der Waals surface area contributed by atoms with Crippen LogP contribution < -0.4 is 10.6 Å². The molecule has 2 aromatic carbocycles. The molecule has 4 heteroatoms. The Morgan fingerprint density at radius 2 is 1.95 bits per heavy atom. The molecule has 0 aliphatic carbocycles. The van der Waals surface area contributed by atoms with Crippen molar-refractivity contribution in [3.63, 3.8) is 0 Å². The molecular formula is C17H18BrN3. The number of anilines is 2. The molecule has 0 amide bonds. The van der Waals surface area contributed by atoms with Gasteiger partial charge >= 0.3 is 0 Å². The molecule has 2 N–H and O–H groups in total. The number of hydrogen-bond acceptors (Lipinski definition) is 3. The van der Waals surface area contributed by atoms with Gasteiger partial charge in [-0.25, -0.2) is 0 Å². The fraction of sp³-hybridized carbons (Fsp3) is 0.235. The van der Waals surface area contributed by atoms with Crippen LogP contribution in [0.2, 0.25) is 0 Å². The summed E-state index contributed by atoms with van der Waals surface area (Å²) in [5.74, 6) is 0. The first-order valence-corrected chi connectivity index (χ1v) is 7.62. The van der Waals surface area contributed by atoms with E-state index in [-0.39, 0.29) is 6.04 Å². The topological polar surface area (TPSA) is 53.0 Å². The molecule has 2 rings (SSSR count). The highest BCUT2D eigenvalue weighted by atomic mass is 79.9. The fourth-order valence-corrected chi connectivity index (χ4v) is 2.59. The Balaban J connectivity index is 2.43. The molecule has 108 valence electrons. The Kier molecular flexibility index (Phi) is 4.87. The summed E-state index contributed by atoms with van der Waals surface area (Å²) in [4.78, 5) is 2.19. The van der Waals surface area contributed by atoms with Crippen LogP contribution in [0.3, 0.4) is 0 Å². The van der Waals surface area contributed by atoms with Crippen LogP contribution in [0.25, 0.3) is 0 Å². The third kappa shape index (κ3) is 3.56. The lowest BCUT2D eigenvalue weighted by Gasteiger charge is -2.30. The molecule has 0 saturated carbocycles. The summed E-state index contributed by atoms with van der Waals surface area (Å²) < 4.78 is 0.961. The predicted octanol–water partition coefficient (Wildman–Crippen LogP) is 4.32.